The first-order valence-corrected chi connectivity index (χ1v) is 14.3. The predicted molar refractivity (Wildman–Crippen MR) is 153 cm³/mol. The second kappa shape index (κ2) is 11.1. The molecule has 13 heteroatoms. The zero-order chi connectivity index (χ0) is 30.3. The lowest BCUT2D eigenvalue weighted by atomic mass is 9.89. The highest BCUT2D eigenvalue weighted by Gasteiger charge is 2.35. The summed E-state index contributed by atoms with van der Waals surface area (Å²) in [6.07, 6.45) is 3.87. The molecule has 43 heavy (non-hydrogen) atoms. The molecule has 0 N–H and O–H groups in total. The van der Waals surface area contributed by atoms with E-state index >= 15 is 0 Å². The molecule has 1 aliphatic carbocycles. The van der Waals surface area contributed by atoms with Crippen LogP contribution in [0.5, 0.6) is 0 Å². The summed E-state index contributed by atoms with van der Waals surface area (Å²) in [5.41, 5.74) is 1.38. The minimum Gasteiger partial charge on any atom is -0.459 e. The number of amides is 1. The zero-order valence-corrected chi connectivity index (χ0v) is 24.1. The minimum absolute atomic E-state index is 0.0541. The van der Waals surface area contributed by atoms with Crippen LogP contribution in [0.3, 0.4) is 0 Å². The van der Waals surface area contributed by atoms with Crippen LogP contribution in [-0.2, 0) is 9.47 Å². The van der Waals surface area contributed by atoms with Gasteiger partial charge in [-0.15, -0.1) is 0 Å². The molecule has 0 unspecified atom stereocenters. The highest BCUT2D eigenvalue weighted by molar-refractivity contribution is 5.89. The highest BCUT2D eigenvalue weighted by atomic mass is 16.6. The van der Waals surface area contributed by atoms with Gasteiger partial charge in [0.1, 0.15) is 11.7 Å². The molecule has 0 spiro atoms. The number of aromatic nitrogens is 4. The van der Waals surface area contributed by atoms with Gasteiger partial charge in [0.15, 0.2) is 0 Å². The van der Waals surface area contributed by atoms with Crippen LogP contribution in [-0.4, -0.2) is 66.6 Å². The van der Waals surface area contributed by atoms with Crippen LogP contribution in [0.25, 0.3) is 22.3 Å². The zero-order valence-electron chi connectivity index (χ0n) is 24.1. The maximum atomic E-state index is 12.5. The van der Waals surface area contributed by atoms with Gasteiger partial charge >= 0.3 is 12.1 Å². The van der Waals surface area contributed by atoms with Crippen molar-refractivity contribution < 1.29 is 28.5 Å². The second-order valence-electron chi connectivity index (χ2n) is 12.0. The number of nitro benzene ring substituents is 1. The molecule has 2 aromatic heterocycles. The molecule has 2 aliphatic rings. The number of hydrogen-bond acceptors (Lipinski definition) is 10. The number of carbonyl (C=O) groups is 2. The number of piperidine rings is 1. The average molecular weight is 589 g/mol. The number of hydrogen-bond donors (Lipinski definition) is 0. The average Bonchev–Trinajstić information content (AvgIpc) is 3.61. The Morgan fingerprint density at radius 3 is 2.47 bits per heavy atom. The van der Waals surface area contributed by atoms with Crippen molar-refractivity contribution in [2.24, 2.45) is 0 Å². The molecule has 2 aromatic carbocycles. The summed E-state index contributed by atoms with van der Waals surface area (Å²) in [6.45, 7) is 6.69. The summed E-state index contributed by atoms with van der Waals surface area (Å²) in [5, 5.41) is 20.6. The minimum atomic E-state index is -0.532. The monoisotopic (exact) mass is 588 g/mol. The molecule has 0 bridgehead atoms. The van der Waals surface area contributed by atoms with E-state index < -0.39 is 16.5 Å². The van der Waals surface area contributed by atoms with Crippen molar-refractivity contribution in [2.45, 2.75) is 70.1 Å². The van der Waals surface area contributed by atoms with Gasteiger partial charge in [0.25, 0.3) is 5.69 Å². The van der Waals surface area contributed by atoms with E-state index in [1.54, 1.807) is 11.1 Å². The Morgan fingerprint density at radius 1 is 1.07 bits per heavy atom. The van der Waals surface area contributed by atoms with E-state index in [-0.39, 0.29) is 35.4 Å². The van der Waals surface area contributed by atoms with Crippen molar-refractivity contribution in [3.05, 3.63) is 70.2 Å². The molecule has 13 nitrogen and oxygen atoms in total. The van der Waals surface area contributed by atoms with Crippen molar-refractivity contribution >= 4 is 28.7 Å². The van der Waals surface area contributed by atoms with Gasteiger partial charge in [0.05, 0.1) is 28.2 Å². The first-order chi connectivity index (χ1) is 20.5. The van der Waals surface area contributed by atoms with Crippen LogP contribution in [0, 0.1) is 10.1 Å². The van der Waals surface area contributed by atoms with Crippen molar-refractivity contribution in [2.75, 3.05) is 13.1 Å². The van der Waals surface area contributed by atoms with E-state index in [2.05, 4.69) is 15.2 Å². The Balaban J connectivity index is 1.07. The Morgan fingerprint density at radius 2 is 1.79 bits per heavy atom. The van der Waals surface area contributed by atoms with E-state index in [1.165, 1.54) is 24.3 Å². The van der Waals surface area contributed by atoms with Gasteiger partial charge in [0, 0.05) is 54.9 Å². The van der Waals surface area contributed by atoms with Crippen LogP contribution < -0.4 is 0 Å². The number of carbonyl (C=O) groups excluding carboxylic acids is 2. The molecule has 3 heterocycles. The first-order valence-electron chi connectivity index (χ1n) is 14.3. The molecule has 6 rings (SSSR count). The molecule has 0 radical (unpaired) electrons. The first kappa shape index (κ1) is 28.3. The predicted octanol–water partition coefficient (Wildman–Crippen LogP) is 5.67. The third kappa shape index (κ3) is 6.06. The van der Waals surface area contributed by atoms with E-state index in [9.17, 15) is 19.7 Å². The number of esters is 1. The van der Waals surface area contributed by atoms with E-state index in [4.69, 9.17) is 14.0 Å². The molecule has 2 fully saturated rings. The topological polar surface area (TPSA) is 156 Å². The highest BCUT2D eigenvalue weighted by Crippen LogP contribution is 2.37. The third-order valence-corrected chi connectivity index (χ3v) is 7.80. The number of nitro groups is 1. The van der Waals surface area contributed by atoms with Gasteiger partial charge in [-0.1, -0.05) is 17.3 Å². The number of fused-ring (bicyclic) bond motifs is 1. The Hall–Kier alpha value is -4.81. The molecule has 0 atom stereocenters. The molecule has 4 aromatic rings. The number of likely N-dealkylation sites (tertiary alicyclic amines) is 1. The summed E-state index contributed by atoms with van der Waals surface area (Å²) < 4.78 is 18.7. The van der Waals surface area contributed by atoms with E-state index in [1.807, 2.05) is 43.7 Å². The molecule has 224 valence electrons. The molecule has 1 aliphatic heterocycles. The van der Waals surface area contributed by atoms with Crippen molar-refractivity contribution in [1.82, 2.24) is 24.8 Å². The Kier molecular flexibility index (Phi) is 7.32. The SMILES string of the molecule is CC(C)(C)OC(=O)N1CCC(c2nc(-c3ccc4cnn(C5CC(OC(=O)c6ccc([N+](=O)[O-])cc6)C5)c4c3)no2)CC1. The number of ether oxygens (including phenoxy) is 2. The van der Waals surface area contributed by atoms with Crippen LogP contribution in [0.15, 0.2) is 53.2 Å². The van der Waals surface area contributed by atoms with Crippen LogP contribution in [0.4, 0.5) is 10.5 Å². The number of rotatable bonds is 6. The van der Waals surface area contributed by atoms with Gasteiger partial charge in [-0.3, -0.25) is 14.8 Å². The normalized spacial score (nSPS) is 19.2. The molecule has 1 saturated carbocycles. The van der Waals surface area contributed by atoms with Gasteiger partial charge in [-0.05, 0) is 51.8 Å². The van der Waals surface area contributed by atoms with Crippen molar-refractivity contribution in [3.8, 4) is 11.4 Å². The van der Waals surface area contributed by atoms with Gasteiger partial charge < -0.3 is 18.9 Å². The van der Waals surface area contributed by atoms with Crippen LogP contribution in [0.2, 0.25) is 0 Å². The van der Waals surface area contributed by atoms with Gasteiger partial charge in [0.2, 0.25) is 11.7 Å². The summed E-state index contributed by atoms with van der Waals surface area (Å²) in [5.74, 6) is 0.607. The largest absolute Gasteiger partial charge is 0.459 e. The maximum absolute atomic E-state index is 12.5. The van der Waals surface area contributed by atoms with Gasteiger partial charge in [-0.25, -0.2) is 9.59 Å². The summed E-state index contributed by atoms with van der Waals surface area (Å²) >= 11 is 0. The maximum Gasteiger partial charge on any atom is 0.410 e. The lowest BCUT2D eigenvalue weighted by Gasteiger charge is -2.35. The smallest absolute Gasteiger partial charge is 0.410 e. The molecule has 1 saturated heterocycles. The van der Waals surface area contributed by atoms with Crippen molar-refractivity contribution in [3.63, 3.8) is 0 Å². The van der Waals surface area contributed by atoms with Gasteiger partial charge in [-0.2, -0.15) is 10.1 Å². The fourth-order valence-electron chi connectivity index (χ4n) is 5.39. The number of benzene rings is 2. The summed E-state index contributed by atoms with van der Waals surface area (Å²) in [6, 6.07) is 11.3. The van der Waals surface area contributed by atoms with Crippen LogP contribution >= 0.6 is 0 Å². The lowest BCUT2D eigenvalue weighted by molar-refractivity contribution is -0.384. The quantitative estimate of drug-likeness (QED) is 0.156. The van der Waals surface area contributed by atoms with Crippen molar-refractivity contribution in [1.29, 1.82) is 0 Å². The Bertz CT molecular complexity index is 1660. The number of non-ortho nitro benzene ring substituents is 1. The van der Waals surface area contributed by atoms with E-state index in [0.29, 0.717) is 50.5 Å². The molecular formula is C30H32N6O7. The number of nitrogens with zero attached hydrogens (tertiary/aromatic N) is 6. The Labute approximate surface area is 246 Å². The summed E-state index contributed by atoms with van der Waals surface area (Å²) in [7, 11) is 0. The standard InChI is InChI=1S/C30H32N6O7/c1-30(2,3)42-29(38)34-12-10-18(11-13-34)27-32-26(33-43-27)20-4-5-21-17-31-35(25(21)14-20)23-15-24(16-23)41-28(37)19-6-8-22(9-7-19)36(39)40/h4-9,14,17-18,23-24H,10-13,15-16H2,1-3H3. The lowest BCUT2D eigenvalue weighted by Crippen LogP contribution is -2.41. The van der Waals surface area contributed by atoms with E-state index in [0.717, 1.165) is 16.5 Å². The fraction of sp³-hybridized carbons (Fsp3) is 0.433. The molecule has 1 amide bonds. The fourth-order valence-corrected chi connectivity index (χ4v) is 5.39. The molecular weight excluding hydrogens is 556 g/mol. The summed E-state index contributed by atoms with van der Waals surface area (Å²) in [4.78, 5) is 41.6. The second-order valence-corrected chi connectivity index (χ2v) is 12.0. The third-order valence-electron chi connectivity index (χ3n) is 7.80. The van der Waals surface area contributed by atoms with Crippen LogP contribution in [0.1, 0.15) is 74.7 Å².